The van der Waals surface area contributed by atoms with E-state index in [9.17, 15) is 26.4 Å². The van der Waals surface area contributed by atoms with Crippen LogP contribution in [0.25, 0.3) is 0 Å². The molecule has 0 saturated carbocycles. The summed E-state index contributed by atoms with van der Waals surface area (Å²) in [5.74, 6) is -5.23. The van der Waals surface area contributed by atoms with Crippen LogP contribution in [0, 0.1) is 17.5 Å². The largest absolute Gasteiger partial charge is 0.340 e. The van der Waals surface area contributed by atoms with Gasteiger partial charge in [-0.2, -0.15) is 4.31 Å². The van der Waals surface area contributed by atoms with E-state index in [1.807, 2.05) is 0 Å². The van der Waals surface area contributed by atoms with E-state index in [1.54, 1.807) is 24.3 Å². The van der Waals surface area contributed by atoms with Crippen molar-refractivity contribution in [2.24, 2.45) is 0 Å². The minimum atomic E-state index is -4.35. The maximum absolute atomic E-state index is 13.9. The van der Waals surface area contributed by atoms with Crippen LogP contribution in [0.3, 0.4) is 0 Å². The Balaban J connectivity index is 1.67. The Labute approximate surface area is 165 Å². The van der Waals surface area contributed by atoms with Gasteiger partial charge in [0.1, 0.15) is 4.90 Å². The number of sulfonamides is 1. The molecule has 1 fully saturated rings. The molecular formula is C18H16ClF3N2O3S. The highest BCUT2D eigenvalue weighted by molar-refractivity contribution is 7.89. The van der Waals surface area contributed by atoms with Crippen LogP contribution in [0.2, 0.25) is 5.02 Å². The van der Waals surface area contributed by atoms with Gasteiger partial charge in [0.25, 0.3) is 0 Å². The van der Waals surface area contributed by atoms with Gasteiger partial charge in [-0.05, 0) is 29.8 Å². The number of carbonyl (C=O) groups is 1. The lowest BCUT2D eigenvalue weighted by Crippen LogP contribution is -2.51. The molecule has 0 radical (unpaired) electrons. The van der Waals surface area contributed by atoms with Gasteiger partial charge in [0.2, 0.25) is 15.9 Å². The number of hydrogen-bond donors (Lipinski definition) is 0. The number of amides is 1. The highest BCUT2D eigenvalue weighted by Crippen LogP contribution is 2.24. The lowest BCUT2D eigenvalue weighted by molar-refractivity contribution is -0.131. The zero-order chi connectivity index (χ0) is 20.5. The molecule has 1 aliphatic rings. The van der Waals surface area contributed by atoms with Crippen molar-refractivity contribution in [1.29, 1.82) is 0 Å². The molecule has 5 nitrogen and oxygen atoms in total. The Kier molecular flexibility index (Phi) is 5.97. The molecule has 150 valence electrons. The van der Waals surface area contributed by atoms with Gasteiger partial charge in [0.05, 0.1) is 6.42 Å². The van der Waals surface area contributed by atoms with E-state index >= 15 is 0 Å². The van der Waals surface area contributed by atoms with E-state index < -0.39 is 32.4 Å². The molecule has 0 aliphatic carbocycles. The van der Waals surface area contributed by atoms with Crippen molar-refractivity contribution in [1.82, 2.24) is 9.21 Å². The van der Waals surface area contributed by atoms with Crippen LogP contribution in [0.4, 0.5) is 13.2 Å². The molecule has 0 spiro atoms. The van der Waals surface area contributed by atoms with Crippen molar-refractivity contribution in [3.8, 4) is 0 Å². The van der Waals surface area contributed by atoms with Crippen LogP contribution in [0.5, 0.6) is 0 Å². The topological polar surface area (TPSA) is 57.7 Å². The molecule has 2 aromatic carbocycles. The molecule has 0 atom stereocenters. The molecule has 1 heterocycles. The van der Waals surface area contributed by atoms with Gasteiger partial charge < -0.3 is 4.90 Å². The van der Waals surface area contributed by atoms with Crippen molar-refractivity contribution in [3.05, 3.63) is 64.4 Å². The first-order valence-corrected chi connectivity index (χ1v) is 10.2. The summed E-state index contributed by atoms with van der Waals surface area (Å²) in [6.07, 6.45) is 0.141. The second-order valence-electron chi connectivity index (χ2n) is 6.26. The summed E-state index contributed by atoms with van der Waals surface area (Å²) in [5.41, 5.74) is 0.772. The van der Waals surface area contributed by atoms with Crippen molar-refractivity contribution in [2.45, 2.75) is 11.3 Å². The highest BCUT2D eigenvalue weighted by Gasteiger charge is 2.33. The first-order valence-electron chi connectivity index (χ1n) is 8.36. The maximum atomic E-state index is 13.9. The monoisotopic (exact) mass is 432 g/mol. The normalized spacial score (nSPS) is 15.6. The zero-order valence-corrected chi connectivity index (χ0v) is 16.1. The molecule has 0 bridgehead atoms. The van der Waals surface area contributed by atoms with Gasteiger partial charge in [-0.15, -0.1) is 0 Å². The lowest BCUT2D eigenvalue weighted by Gasteiger charge is -2.34. The van der Waals surface area contributed by atoms with E-state index in [4.69, 9.17) is 11.6 Å². The number of nitrogens with zero attached hydrogens (tertiary/aromatic N) is 2. The third-order valence-corrected chi connectivity index (χ3v) is 6.65. The van der Waals surface area contributed by atoms with Gasteiger partial charge >= 0.3 is 0 Å². The van der Waals surface area contributed by atoms with Crippen LogP contribution in [-0.4, -0.2) is 49.7 Å². The van der Waals surface area contributed by atoms with Crippen LogP contribution in [0.15, 0.2) is 41.3 Å². The van der Waals surface area contributed by atoms with Crippen molar-refractivity contribution >= 4 is 27.5 Å². The van der Waals surface area contributed by atoms with E-state index in [-0.39, 0.29) is 38.5 Å². The fraction of sp³-hybridized carbons (Fsp3) is 0.278. The Morgan fingerprint density at radius 1 is 0.929 bits per heavy atom. The molecule has 1 aliphatic heterocycles. The van der Waals surface area contributed by atoms with Crippen molar-refractivity contribution < 1.29 is 26.4 Å². The first kappa shape index (κ1) is 20.6. The Hall–Kier alpha value is -2.10. The van der Waals surface area contributed by atoms with Crippen molar-refractivity contribution in [3.63, 3.8) is 0 Å². The van der Waals surface area contributed by atoms with E-state index in [0.717, 1.165) is 9.87 Å². The number of piperazine rings is 1. The highest BCUT2D eigenvalue weighted by atomic mass is 35.5. The quantitative estimate of drug-likeness (QED) is 0.698. The number of rotatable bonds is 4. The number of hydrogen-bond acceptors (Lipinski definition) is 3. The van der Waals surface area contributed by atoms with Gasteiger partial charge in [0.15, 0.2) is 17.5 Å². The summed E-state index contributed by atoms with van der Waals surface area (Å²) < 4.78 is 66.4. The zero-order valence-electron chi connectivity index (χ0n) is 14.5. The third-order valence-electron chi connectivity index (χ3n) is 4.48. The summed E-state index contributed by atoms with van der Waals surface area (Å²) >= 11 is 5.81. The van der Waals surface area contributed by atoms with Crippen LogP contribution < -0.4 is 0 Å². The molecule has 3 rings (SSSR count). The summed E-state index contributed by atoms with van der Waals surface area (Å²) in [4.78, 5) is 13.0. The second kappa shape index (κ2) is 8.10. The van der Waals surface area contributed by atoms with Gasteiger partial charge in [-0.25, -0.2) is 21.6 Å². The number of halogens is 4. The van der Waals surface area contributed by atoms with E-state index in [2.05, 4.69) is 0 Å². The standard InChI is InChI=1S/C18H16ClF3N2O3S/c19-13-3-1-12(2-4-13)11-16(25)23-7-9-24(10-8-23)28(26,27)15-6-5-14(20)17(21)18(15)22/h1-6H,7-11H2. The first-order chi connectivity index (χ1) is 13.2. The minimum absolute atomic E-state index is 0.0763. The van der Waals surface area contributed by atoms with Crippen LogP contribution in [0.1, 0.15) is 5.56 Å². The van der Waals surface area contributed by atoms with Gasteiger partial charge in [-0.1, -0.05) is 23.7 Å². The summed E-state index contributed by atoms with van der Waals surface area (Å²) in [6, 6.07) is 8.06. The minimum Gasteiger partial charge on any atom is -0.340 e. The fourth-order valence-corrected chi connectivity index (χ4v) is 4.52. The fourth-order valence-electron chi connectivity index (χ4n) is 2.91. The molecule has 1 amide bonds. The van der Waals surface area contributed by atoms with Crippen LogP contribution in [-0.2, 0) is 21.2 Å². The molecule has 28 heavy (non-hydrogen) atoms. The predicted molar refractivity (Wildman–Crippen MR) is 96.8 cm³/mol. The van der Waals surface area contributed by atoms with E-state index in [1.165, 1.54) is 4.90 Å². The van der Waals surface area contributed by atoms with Crippen LogP contribution >= 0.6 is 11.6 Å². The second-order valence-corrected chi connectivity index (χ2v) is 8.60. The Morgan fingerprint density at radius 2 is 1.54 bits per heavy atom. The third kappa shape index (κ3) is 4.16. The number of benzene rings is 2. The van der Waals surface area contributed by atoms with Gasteiger partial charge in [0, 0.05) is 31.2 Å². The SMILES string of the molecule is O=C(Cc1ccc(Cl)cc1)N1CCN(S(=O)(=O)c2ccc(F)c(F)c2F)CC1. The average Bonchev–Trinajstić information content (AvgIpc) is 2.68. The molecule has 0 aromatic heterocycles. The average molecular weight is 433 g/mol. The summed E-state index contributed by atoms with van der Waals surface area (Å²) in [5, 5.41) is 0.555. The molecule has 0 unspecified atom stereocenters. The summed E-state index contributed by atoms with van der Waals surface area (Å²) in [6.45, 7) is 0.0636. The van der Waals surface area contributed by atoms with Crippen molar-refractivity contribution in [2.75, 3.05) is 26.2 Å². The lowest BCUT2D eigenvalue weighted by atomic mass is 10.1. The Morgan fingerprint density at radius 3 is 2.14 bits per heavy atom. The maximum Gasteiger partial charge on any atom is 0.246 e. The smallest absolute Gasteiger partial charge is 0.246 e. The Bertz CT molecular complexity index is 992. The molecule has 0 N–H and O–H groups in total. The predicted octanol–water partition coefficient (Wildman–Crippen LogP) is 2.83. The summed E-state index contributed by atoms with van der Waals surface area (Å²) in [7, 11) is -4.35. The number of carbonyl (C=O) groups excluding carboxylic acids is 1. The molecule has 10 heteroatoms. The molecule has 1 saturated heterocycles. The van der Waals surface area contributed by atoms with Gasteiger partial charge in [-0.3, -0.25) is 4.79 Å². The van der Waals surface area contributed by atoms with E-state index in [0.29, 0.717) is 17.2 Å². The molecule has 2 aromatic rings. The molecular weight excluding hydrogens is 417 g/mol.